The van der Waals surface area contributed by atoms with Gasteiger partial charge in [-0.1, -0.05) is 6.07 Å². The van der Waals surface area contributed by atoms with Crippen LogP contribution in [-0.4, -0.2) is 49.7 Å². The van der Waals surface area contributed by atoms with Crippen molar-refractivity contribution in [3.63, 3.8) is 0 Å². The van der Waals surface area contributed by atoms with Crippen LogP contribution >= 0.6 is 0 Å². The van der Waals surface area contributed by atoms with Crippen molar-refractivity contribution in [1.29, 1.82) is 0 Å². The normalized spacial score (nSPS) is 20.7. The molecule has 0 aromatic carbocycles. The minimum atomic E-state index is -0.363. The summed E-state index contributed by atoms with van der Waals surface area (Å²) in [5.74, 6) is -0.0233. The Bertz CT molecular complexity index is 674. The summed E-state index contributed by atoms with van der Waals surface area (Å²) in [5.41, 5.74) is 0.524. The lowest BCUT2D eigenvalue weighted by Gasteiger charge is -2.47. The average Bonchev–Trinajstić information content (AvgIpc) is 2.82. The van der Waals surface area contributed by atoms with Crippen LogP contribution in [0.5, 0.6) is 0 Å². The summed E-state index contributed by atoms with van der Waals surface area (Å²) in [6.07, 6.45) is 1.57. The molecule has 1 fully saturated rings. The first-order chi connectivity index (χ1) is 9.77. The van der Waals surface area contributed by atoms with Gasteiger partial charge in [0.05, 0.1) is 11.2 Å². The molecule has 2 aromatic heterocycles. The van der Waals surface area contributed by atoms with E-state index in [0.717, 1.165) is 0 Å². The second-order valence-electron chi connectivity index (χ2n) is 6.75. The number of ether oxygens (including phenoxy) is 1. The summed E-state index contributed by atoms with van der Waals surface area (Å²) in [7, 11) is 0. The van der Waals surface area contributed by atoms with E-state index in [-0.39, 0.29) is 17.1 Å². The van der Waals surface area contributed by atoms with Crippen LogP contribution in [0.3, 0.4) is 0 Å². The van der Waals surface area contributed by atoms with Crippen molar-refractivity contribution in [1.82, 2.24) is 19.5 Å². The maximum atomic E-state index is 12.9. The Morgan fingerprint density at radius 1 is 1.19 bits per heavy atom. The fraction of sp³-hybridized carbons (Fsp3) is 0.533. The molecule has 2 aromatic rings. The van der Waals surface area contributed by atoms with Gasteiger partial charge in [0.25, 0.3) is 5.91 Å². The third kappa shape index (κ3) is 2.63. The van der Waals surface area contributed by atoms with E-state index >= 15 is 0 Å². The minimum absolute atomic E-state index is 0.0233. The first-order valence-corrected chi connectivity index (χ1v) is 7.06. The van der Waals surface area contributed by atoms with Crippen molar-refractivity contribution >= 4 is 11.6 Å². The third-order valence-corrected chi connectivity index (χ3v) is 3.54. The number of hydrogen-bond acceptors (Lipinski definition) is 4. The van der Waals surface area contributed by atoms with Gasteiger partial charge in [-0.2, -0.15) is 0 Å². The number of aromatic nitrogens is 3. The zero-order chi connectivity index (χ0) is 15.3. The van der Waals surface area contributed by atoms with E-state index < -0.39 is 0 Å². The summed E-state index contributed by atoms with van der Waals surface area (Å²) < 4.78 is 7.74. The molecule has 0 spiro atoms. The molecule has 3 rings (SSSR count). The Kier molecular flexibility index (Phi) is 3.02. The number of rotatable bonds is 1. The molecule has 1 saturated heterocycles. The predicted octanol–water partition coefficient (Wildman–Crippen LogP) is 1.76. The number of fused-ring (bicyclic) bond motifs is 1. The Balaban J connectivity index is 1.96. The maximum absolute atomic E-state index is 12.9. The lowest BCUT2D eigenvalue weighted by Crippen LogP contribution is -2.58. The summed E-state index contributed by atoms with van der Waals surface area (Å²) in [5, 5.41) is 7.85. The maximum Gasteiger partial charge on any atom is 0.271 e. The third-order valence-electron chi connectivity index (χ3n) is 3.54. The van der Waals surface area contributed by atoms with Gasteiger partial charge in [-0.05, 0) is 39.8 Å². The van der Waals surface area contributed by atoms with Gasteiger partial charge in [0.15, 0.2) is 5.65 Å². The molecule has 6 nitrogen and oxygen atoms in total. The second kappa shape index (κ2) is 4.53. The second-order valence-corrected chi connectivity index (χ2v) is 6.75. The molecule has 21 heavy (non-hydrogen) atoms. The summed E-state index contributed by atoms with van der Waals surface area (Å²) in [6.45, 7) is 9.16. The van der Waals surface area contributed by atoms with Crippen molar-refractivity contribution in [2.45, 2.75) is 38.9 Å². The molecule has 1 aliphatic heterocycles. The lowest BCUT2D eigenvalue weighted by molar-refractivity contribution is -0.171. The van der Waals surface area contributed by atoms with E-state index in [2.05, 4.69) is 10.2 Å². The Morgan fingerprint density at radius 3 is 2.52 bits per heavy atom. The minimum Gasteiger partial charge on any atom is -0.366 e. The highest BCUT2D eigenvalue weighted by atomic mass is 16.5. The van der Waals surface area contributed by atoms with Gasteiger partial charge >= 0.3 is 0 Å². The van der Waals surface area contributed by atoms with Gasteiger partial charge in [0.1, 0.15) is 12.0 Å². The predicted molar refractivity (Wildman–Crippen MR) is 78.1 cm³/mol. The van der Waals surface area contributed by atoms with Gasteiger partial charge in [-0.3, -0.25) is 9.20 Å². The average molecular weight is 288 g/mol. The van der Waals surface area contributed by atoms with E-state index in [1.165, 1.54) is 0 Å². The molecular formula is C15H20N4O2. The van der Waals surface area contributed by atoms with Gasteiger partial charge in [-0.15, -0.1) is 10.2 Å². The molecule has 0 N–H and O–H groups in total. The molecule has 0 atom stereocenters. The molecule has 0 unspecified atom stereocenters. The summed E-state index contributed by atoms with van der Waals surface area (Å²) in [4.78, 5) is 14.7. The van der Waals surface area contributed by atoms with Crippen LogP contribution < -0.4 is 0 Å². The number of carbonyl (C=O) groups is 1. The van der Waals surface area contributed by atoms with E-state index in [1.54, 1.807) is 16.8 Å². The Morgan fingerprint density at radius 2 is 1.86 bits per heavy atom. The van der Waals surface area contributed by atoms with Crippen LogP contribution in [0.2, 0.25) is 0 Å². The van der Waals surface area contributed by atoms with E-state index in [1.807, 2.05) is 44.7 Å². The van der Waals surface area contributed by atoms with Crippen molar-refractivity contribution in [2.24, 2.45) is 0 Å². The highest BCUT2D eigenvalue weighted by molar-refractivity contribution is 5.93. The number of pyridine rings is 1. The number of carbonyl (C=O) groups excluding carboxylic acids is 1. The van der Waals surface area contributed by atoms with Crippen LogP contribution in [0.25, 0.3) is 5.65 Å². The van der Waals surface area contributed by atoms with Crippen molar-refractivity contribution < 1.29 is 9.53 Å². The summed E-state index contributed by atoms with van der Waals surface area (Å²) >= 11 is 0. The van der Waals surface area contributed by atoms with Crippen LogP contribution in [0, 0.1) is 0 Å². The molecule has 0 radical (unpaired) electrons. The zero-order valence-corrected chi connectivity index (χ0v) is 12.8. The van der Waals surface area contributed by atoms with Gasteiger partial charge < -0.3 is 9.64 Å². The number of morpholine rings is 1. The number of nitrogens with zero attached hydrogens (tertiary/aromatic N) is 4. The number of amides is 1. The van der Waals surface area contributed by atoms with E-state index in [9.17, 15) is 4.79 Å². The van der Waals surface area contributed by atoms with Gasteiger partial charge in [0.2, 0.25) is 0 Å². The molecule has 1 aliphatic rings. The molecule has 6 heteroatoms. The molecule has 3 heterocycles. The van der Waals surface area contributed by atoms with Crippen molar-refractivity contribution in [2.75, 3.05) is 13.1 Å². The SMILES string of the molecule is CC1(C)CN(C(=O)c2cccc3nncn23)CC(C)(C)O1. The molecule has 0 aliphatic carbocycles. The highest BCUT2D eigenvalue weighted by Gasteiger charge is 2.40. The summed E-state index contributed by atoms with van der Waals surface area (Å²) in [6, 6.07) is 5.46. The molecule has 112 valence electrons. The standard InChI is InChI=1S/C15H20N4O2/c1-14(2)8-18(9-15(3,4)21-14)13(20)11-6-5-7-12-17-16-10-19(11)12/h5-7,10H,8-9H2,1-4H3. The first kappa shape index (κ1) is 14.0. The van der Waals surface area contributed by atoms with Crippen molar-refractivity contribution in [3.05, 3.63) is 30.2 Å². The molecule has 0 saturated carbocycles. The number of hydrogen-bond donors (Lipinski definition) is 0. The van der Waals surface area contributed by atoms with Crippen LogP contribution in [0.1, 0.15) is 38.2 Å². The Hall–Kier alpha value is -1.95. The van der Waals surface area contributed by atoms with Gasteiger partial charge in [-0.25, -0.2) is 0 Å². The van der Waals surface area contributed by atoms with Crippen molar-refractivity contribution in [3.8, 4) is 0 Å². The largest absolute Gasteiger partial charge is 0.366 e. The lowest BCUT2D eigenvalue weighted by atomic mass is 9.98. The van der Waals surface area contributed by atoms with E-state index in [4.69, 9.17) is 4.74 Å². The van der Waals surface area contributed by atoms with Crippen LogP contribution in [-0.2, 0) is 4.74 Å². The van der Waals surface area contributed by atoms with Crippen LogP contribution in [0.15, 0.2) is 24.5 Å². The highest BCUT2D eigenvalue weighted by Crippen LogP contribution is 2.29. The fourth-order valence-electron chi connectivity index (χ4n) is 3.12. The quantitative estimate of drug-likeness (QED) is 0.802. The van der Waals surface area contributed by atoms with E-state index in [0.29, 0.717) is 24.4 Å². The molecular weight excluding hydrogens is 268 g/mol. The molecule has 0 bridgehead atoms. The smallest absolute Gasteiger partial charge is 0.271 e. The Labute approximate surface area is 123 Å². The topological polar surface area (TPSA) is 59.7 Å². The first-order valence-electron chi connectivity index (χ1n) is 7.06. The fourth-order valence-corrected chi connectivity index (χ4v) is 3.12. The monoisotopic (exact) mass is 288 g/mol. The van der Waals surface area contributed by atoms with Gasteiger partial charge in [0, 0.05) is 13.1 Å². The molecule has 1 amide bonds. The van der Waals surface area contributed by atoms with Crippen LogP contribution in [0.4, 0.5) is 0 Å². The zero-order valence-electron chi connectivity index (χ0n) is 12.8.